The molecule has 0 aliphatic heterocycles. The first-order valence-corrected chi connectivity index (χ1v) is 9.93. The summed E-state index contributed by atoms with van der Waals surface area (Å²) in [5.74, 6) is -0.270. The Morgan fingerprint density at radius 3 is 2.67 bits per heavy atom. The van der Waals surface area contributed by atoms with Gasteiger partial charge in [-0.15, -0.1) is 0 Å². The van der Waals surface area contributed by atoms with Crippen LogP contribution in [0.2, 0.25) is 0 Å². The van der Waals surface area contributed by atoms with Gasteiger partial charge < -0.3 is 14.5 Å². The standard InChI is InChI=1S/C19H18N2O5S/c1-12-17(26-27(2,24)25)8-7-13(11-22)19(12)21-18(23)9-14-10-20-16-6-4-3-5-15(14)16/h3-8,10-11,20H,9H2,1-2H3,(H,21,23). The predicted molar refractivity (Wildman–Crippen MR) is 103 cm³/mol. The van der Waals surface area contributed by atoms with Crippen molar-refractivity contribution < 1.29 is 22.2 Å². The lowest BCUT2D eigenvalue weighted by molar-refractivity contribution is -0.115. The summed E-state index contributed by atoms with van der Waals surface area (Å²) in [6.07, 6.45) is 3.38. The number of carbonyl (C=O) groups is 2. The van der Waals surface area contributed by atoms with Gasteiger partial charge in [0.2, 0.25) is 5.91 Å². The minimum Gasteiger partial charge on any atom is -0.382 e. The Balaban J connectivity index is 1.88. The van der Waals surface area contributed by atoms with E-state index >= 15 is 0 Å². The summed E-state index contributed by atoms with van der Waals surface area (Å²) >= 11 is 0. The van der Waals surface area contributed by atoms with Gasteiger partial charge in [0, 0.05) is 28.2 Å². The highest BCUT2D eigenvalue weighted by molar-refractivity contribution is 7.86. The van der Waals surface area contributed by atoms with E-state index in [1.807, 2.05) is 24.3 Å². The van der Waals surface area contributed by atoms with Crippen LogP contribution in [0, 0.1) is 6.92 Å². The van der Waals surface area contributed by atoms with Crippen LogP contribution in [0.5, 0.6) is 5.75 Å². The van der Waals surface area contributed by atoms with E-state index in [4.69, 9.17) is 4.18 Å². The molecular weight excluding hydrogens is 368 g/mol. The van der Waals surface area contributed by atoms with E-state index in [1.165, 1.54) is 12.1 Å². The minimum atomic E-state index is -3.73. The fourth-order valence-corrected chi connectivity index (χ4v) is 3.37. The number of hydrogen-bond acceptors (Lipinski definition) is 5. The van der Waals surface area contributed by atoms with E-state index in [1.54, 1.807) is 13.1 Å². The molecule has 1 amide bonds. The second-order valence-corrected chi connectivity index (χ2v) is 7.72. The Bertz CT molecular complexity index is 1130. The van der Waals surface area contributed by atoms with Crippen molar-refractivity contribution >= 4 is 38.9 Å². The Morgan fingerprint density at radius 1 is 1.22 bits per heavy atom. The Hall–Kier alpha value is -3.13. The van der Waals surface area contributed by atoms with Crippen LogP contribution < -0.4 is 9.50 Å². The fraction of sp³-hybridized carbons (Fsp3) is 0.158. The first-order chi connectivity index (χ1) is 12.8. The number of H-pyrrole nitrogens is 1. The number of anilines is 1. The third-order valence-electron chi connectivity index (χ3n) is 4.11. The molecule has 0 radical (unpaired) electrons. The van der Waals surface area contributed by atoms with Crippen LogP contribution in [0.4, 0.5) is 5.69 Å². The van der Waals surface area contributed by atoms with E-state index in [0.29, 0.717) is 11.8 Å². The number of aldehydes is 1. The van der Waals surface area contributed by atoms with Crippen molar-refractivity contribution in [2.75, 3.05) is 11.6 Å². The number of benzene rings is 2. The molecule has 27 heavy (non-hydrogen) atoms. The molecular formula is C19H18N2O5S. The van der Waals surface area contributed by atoms with Crippen molar-refractivity contribution in [2.45, 2.75) is 13.3 Å². The average molecular weight is 386 g/mol. The van der Waals surface area contributed by atoms with Gasteiger partial charge in [-0.2, -0.15) is 8.42 Å². The number of rotatable bonds is 6. The average Bonchev–Trinajstić information content (AvgIpc) is 3.00. The summed E-state index contributed by atoms with van der Waals surface area (Å²) in [6.45, 7) is 1.58. The molecule has 0 atom stereocenters. The number of aromatic nitrogens is 1. The van der Waals surface area contributed by atoms with Gasteiger partial charge in [0.05, 0.1) is 18.4 Å². The first-order valence-electron chi connectivity index (χ1n) is 8.11. The number of aromatic amines is 1. The van der Waals surface area contributed by atoms with E-state index in [9.17, 15) is 18.0 Å². The van der Waals surface area contributed by atoms with Gasteiger partial charge in [0.25, 0.3) is 0 Å². The molecule has 7 nitrogen and oxygen atoms in total. The van der Waals surface area contributed by atoms with Crippen LogP contribution in [-0.4, -0.2) is 31.9 Å². The van der Waals surface area contributed by atoms with Crippen molar-refractivity contribution in [1.29, 1.82) is 0 Å². The lowest BCUT2D eigenvalue weighted by Gasteiger charge is -2.14. The fourth-order valence-electron chi connectivity index (χ4n) is 2.87. The highest BCUT2D eigenvalue weighted by Crippen LogP contribution is 2.30. The quantitative estimate of drug-likeness (QED) is 0.501. The van der Waals surface area contributed by atoms with E-state index in [-0.39, 0.29) is 29.3 Å². The topological polar surface area (TPSA) is 105 Å². The molecule has 2 aromatic carbocycles. The van der Waals surface area contributed by atoms with Crippen molar-refractivity contribution in [3.8, 4) is 5.75 Å². The van der Waals surface area contributed by atoms with Crippen LogP contribution >= 0.6 is 0 Å². The number of carbonyl (C=O) groups excluding carboxylic acids is 2. The van der Waals surface area contributed by atoms with Crippen LogP contribution in [0.25, 0.3) is 10.9 Å². The Kier molecular flexibility index (Phi) is 5.00. The number of para-hydroxylation sites is 1. The zero-order chi connectivity index (χ0) is 19.6. The van der Waals surface area contributed by atoms with Gasteiger partial charge in [-0.05, 0) is 30.7 Å². The maximum absolute atomic E-state index is 12.5. The molecule has 0 aliphatic rings. The number of fused-ring (bicyclic) bond motifs is 1. The smallest absolute Gasteiger partial charge is 0.306 e. The molecule has 0 fully saturated rings. The summed E-state index contributed by atoms with van der Waals surface area (Å²) in [4.78, 5) is 27.0. The summed E-state index contributed by atoms with van der Waals surface area (Å²) in [6, 6.07) is 10.4. The van der Waals surface area contributed by atoms with Gasteiger partial charge >= 0.3 is 10.1 Å². The predicted octanol–water partition coefficient (Wildman–Crippen LogP) is 2.81. The number of amides is 1. The summed E-state index contributed by atoms with van der Waals surface area (Å²) < 4.78 is 27.7. The van der Waals surface area contributed by atoms with E-state index < -0.39 is 10.1 Å². The third-order valence-corrected chi connectivity index (χ3v) is 4.59. The molecule has 2 N–H and O–H groups in total. The summed E-state index contributed by atoms with van der Waals surface area (Å²) in [7, 11) is -3.73. The monoisotopic (exact) mass is 386 g/mol. The highest BCUT2D eigenvalue weighted by Gasteiger charge is 2.17. The zero-order valence-corrected chi connectivity index (χ0v) is 15.6. The normalized spacial score (nSPS) is 11.3. The molecule has 0 saturated carbocycles. The van der Waals surface area contributed by atoms with Gasteiger partial charge in [-0.1, -0.05) is 18.2 Å². The molecule has 0 aliphatic carbocycles. The largest absolute Gasteiger partial charge is 0.382 e. The van der Waals surface area contributed by atoms with Crippen molar-refractivity contribution in [2.24, 2.45) is 0 Å². The molecule has 3 aromatic rings. The van der Waals surface area contributed by atoms with Gasteiger partial charge in [-0.25, -0.2) is 0 Å². The maximum atomic E-state index is 12.5. The minimum absolute atomic E-state index is 0.0606. The molecule has 3 rings (SSSR count). The number of hydrogen-bond donors (Lipinski definition) is 2. The van der Waals surface area contributed by atoms with Crippen molar-refractivity contribution in [3.05, 3.63) is 59.3 Å². The van der Waals surface area contributed by atoms with Gasteiger partial charge in [0.1, 0.15) is 5.75 Å². The van der Waals surface area contributed by atoms with Crippen molar-refractivity contribution in [3.63, 3.8) is 0 Å². The lowest BCUT2D eigenvalue weighted by atomic mass is 10.1. The second-order valence-electron chi connectivity index (χ2n) is 6.14. The Labute approximate surface area is 156 Å². The van der Waals surface area contributed by atoms with E-state index in [0.717, 1.165) is 22.7 Å². The molecule has 0 bridgehead atoms. The lowest BCUT2D eigenvalue weighted by Crippen LogP contribution is -2.17. The van der Waals surface area contributed by atoms with Crippen molar-refractivity contribution in [1.82, 2.24) is 4.98 Å². The van der Waals surface area contributed by atoms with Crippen LogP contribution in [-0.2, 0) is 21.3 Å². The molecule has 0 spiro atoms. The van der Waals surface area contributed by atoms with Crippen LogP contribution in [0.15, 0.2) is 42.6 Å². The maximum Gasteiger partial charge on any atom is 0.306 e. The molecule has 1 aromatic heterocycles. The molecule has 8 heteroatoms. The summed E-state index contributed by atoms with van der Waals surface area (Å²) in [5.41, 5.74) is 2.57. The van der Waals surface area contributed by atoms with Gasteiger partial charge in [0.15, 0.2) is 6.29 Å². The molecule has 0 saturated heterocycles. The third kappa shape index (κ3) is 4.17. The second kappa shape index (κ2) is 7.24. The van der Waals surface area contributed by atoms with Crippen LogP contribution in [0.1, 0.15) is 21.5 Å². The SMILES string of the molecule is Cc1c(OS(C)(=O)=O)ccc(C=O)c1NC(=O)Cc1c[nH]c2ccccc12. The molecule has 0 unspecified atom stereocenters. The Morgan fingerprint density at radius 2 is 1.96 bits per heavy atom. The zero-order valence-electron chi connectivity index (χ0n) is 14.8. The number of nitrogens with one attached hydrogen (secondary N) is 2. The summed E-state index contributed by atoms with van der Waals surface area (Å²) in [5, 5.41) is 3.64. The van der Waals surface area contributed by atoms with Gasteiger partial charge in [-0.3, -0.25) is 9.59 Å². The van der Waals surface area contributed by atoms with Crippen LogP contribution in [0.3, 0.4) is 0 Å². The first kappa shape index (κ1) is 18.7. The van der Waals surface area contributed by atoms with E-state index in [2.05, 4.69) is 10.3 Å². The molecule has 140 valence electrons. The highest BCUT2D eigenvalue weighted by atomic mass is 32.2. The molecule has 1 heterocycles.